The zero-order valence-electron chi connectivity index (χ0n) is 12.6. The fraction of sp³-hybridized carbons (Fsp3) is 0.286. The Bertz CT molecular complexity index is 780. The largest absolute Gasteiger partial charge is 0.360 e. The molecule has 0 aliphatic heterocycles. The van der Waals surface area contributed by atoms with Gasteiger partial charge in [-0.05, 0) is 38.1 Å². The van der Waals surface area contributed by atoms with Gasteiger partial charge in [-0.1, -0.05) is 21.1 Å². The summed E-state index contributed by atoms with van der Waals surface area (Å²) in [5.41, 5.74) is 0.802. The van der Waals surface area contributed by atoms with E-state index in [0.29, 0.717) is 11.3 Å². The molecule has 1 aromatic carbocycles. The van der Waals surface area contributed by atoms with Crippen molar-refractivity contribution < 1.29 is 17.7 Å². The van der Waals surface area contributed by atoms with E-state index in [1.165, 1.54) is 6.92 Å². The summed E-state index contributed by atoms with van der Waals surface area (Å²) in [5.74, 6) is -0.0389. The number of benzene rings is 1. The van der Waals surface area contributed by atoms with Crippen molar-refractivity contribution in [3.05, 3.63) is 45.8 Å². The lowest BCUT2D eigenvalue weighted by Gasteiger charge is -2.08. The summed E-state index contributed by atoms with van der Waals surface area (Å²) in [7, 11) is -3.71. The summed E-state index contributed by atoms with van der Waals surface area (Å²) in [6.45, 7) is 3.32. The van der Waals surface area contributed by atoms with Gasteiger partial charge in [-0.2, -0.15) is 0 Å². The first-order chi connectivity index (χ1) is 10.8. The molecule has 2 rings (SSSR count). The van der Waals surface area contributed by atoms with Crippen LogP contribution in [0.3, 0.4) is 0 Å². The van der Waals surface area contributed by atoms with Gasteiger partial charge in [-0.25, -0.2) is 13.1 Å². The van der Waals surface area contributed by atoms with E-state index >= 15 is 0 Å². The van der Waals surface area contributed by atoms with Gasteiger partial charge in [0.1, 0.15) is 10.6 Å². The normalized spacial score (nSPS) is 11.4. The Kier molecular flexibility index (Phi) is 5.55. The molecule has 1 heterocycles. The van der Waals surface area contributed by atoms with Crippen molar-refractivity contribution in [3.8, 4) is 0 Å². The van der Waals surface area contributed by atoms with Gasteiger partial charge >= 0.3 is 0 Å². The van der Waals surface area contributed by atoms with Crippen LogP contribution in [0.25, 0.3) is 0 Å². The van der Waals surface area contributed by atoms with E-state index in [4.69, 9.17) is 4.52 Å². The van der Waals surface area contributed by atoms with Crippen LogP contribution in [0, 0.1) is 13.8 Å². The first-order valence-electron chi connectivity index (χ1n) is 6.77. The Morgan fingerprint density at radius 2 is 1.87 bits per heavy atom. The van der Waals surface area contributed by atoms with Crippen LogP contribution in [0.5, 0.6) is 0 Å². The molecule has 23 heavy (non-hydrogen) atoms. The molecule has 1 aromatic heterocycles. The third-order valence-corrected chi connectivity index (χ3v) is 5.28. The number of halogens is 1. The van der Waals surface area contributed by atoms with Crippen molar-refractivity contribution in [2.24, 2.45) is 0 Å². The molecule has 7 nitrogen and oxygen atoms in total. The summed E-state index contributed by atoms with van der Waals surface area (Å²) in [4.78, 5) is 11.9. The van der Waals surface area contributed by atoms with E-state index in [0.717, 1.165) is 4.47 Å². The second kappa shape index (κ2) is 7.24. The number of rotatable bonds is 6. The third kappa shape index (κ3) is 4.40. The molecular weight excluding hydrogens is 386 g/mol. The van der Waals surface area contributed by atoms with Crippen molar-refractivity contribution in [2.45, 2.75) is 18.7 Å². The van der Waals surface area contributed by atoms with E-state index < -0.39 is 10.0 Å². The lowest BCUT2D eigenvalue weighted by Crippen LogP contribution is -2.35. The van der Waals surface area contributed by atoms with Gasteiger partial charge in [0.05, 0.1) is 0 Å². The van der Waals surface area contributed by atoms with Gasteiger partial charge < -0.3 is 9.84 Å². The summed E-state index contributed by atoms with van der Waals surface area (Å²) >= 11 is 3.29. The Morgan fingerprint density at radius 3 is 2.43 bits per heavy atom. The first kappa shape index (κ1) is 17.6. The Balaban J connectivity index is 1.88. The number of hydrogen-bond acceptors (Lipinski definition) is 5. The third-order valence-electron chi connectivity index (χ3n) is 3.05. The minimum Gasteiger partial charge on any atom is -0.360 e. The standard InChI is InChI=1S/C14H16BrN3O4S/c1-9-13(10(2)22-18-9)23(20,21)17-8-7-16-14(19)11-3-5-12(15)6-4-11/h3-6,17H,7-8H2,1-2H3,(H,16,19). The average molecular weight is 402 g/mol. The summed E-state index contributed by atoms with van der Waals surface area (Å²) in [5, 5.41) is 6.26. The first-order valence-corrected chi connectivity index (χ1v) is 9.05. The quantitative estimate of drug-likeness (QED) is 0.718. The van der Waals surface area contributed by atoms with Crippen LogP contribution in [-0.4, -0.2) is 32.6 Å². The highest BCUT2D eigenvalue weighted by molar-refractivity contribution is 9.10. The molecule has 0 aliphatic carbocycles. The van der Waals surface area contributed by atoms with Gasteiger partial charge in [-0.3, -0.25) is 4.79 Å². The molecule has 0 radical (unpaired) electrons. The Labute approximate surface area is 142 Å². The Morgan fingerprint density at radius 1 is 1.22 bits per heavy atom. The molecule has 0 unspecified atom stereocenters. The molecule has 0 atom stereocenters. The van der Waals surface area contributed by atoms with Crippen molar-refractivity contribution >= 4 is 31.9 Å². The lowest BCUT2D eigenvalue weighted by atomic mass is 10.2. The van der Waals surface area contributed by atoms with Crippen LogP contribution >= 0.6 is 15.9 Å². The zero-order valence-corrected chi connectivity index (χ0v) is 15.0. The van der Waals surface area contributed by atoms with Crippen LogP contribution in [-0.2, 0) is 10.0 Å². The number of aryl methyl sites for hydroxylation is 2. The van der Waals surface area contributed by atoms with E-state index in [2.05, 4.69) is 31.1 Å². The fourth-order valence-corrected chi connectivity index (χ4v) is 3.62. The van der Waals surface area contributed by atoms with Crippen LogP contribution < -0.4 is 10.0 Å². The molecule has 2 N–H and O–H groups in total. The molecule has 9 heteroatoms. The molecule has 124 valence electrons. The molecule has 0 saturated carbocycles. The monoisotopic (exact) mass is 401 g/mol. The maximum Gasteiger partial charge on any atom is 0.251 e. The van der Waals surface area contributed by atoms with Gasteiger partial charge in [0.2, 0.25) is 10.0 Å². The molecule has 0 saturated heterocycles. The number of amides is 1. The number of nitrogens with one attached hydrogen (secondary N) is 2. The van der Waals surface area contributed by atoms with Crippen molar-refractivity contribution in [1.82, 2.24) is 15.2 Å². The molecule has 0 bridgehead atoms. The molecule has 2 aromatic rings. The number of carbonyl (C=O) groups is 1. The van der Waals surface area contributed by atoms with Gasteiger partial charge in [-0.15, -0.1) is 0 Å². The number of aromatic nitrogens is 1. The second-order valence-electron chi connectivity index (χ2n) is 4.81. The highest BCUT2D eigenvalue weighted by Gasteiger charge is 2.23. The van der Waals surface area contributed by atoms with Gasteiger partial charge in [0.25, 0.3) is 5.91 Å². The van der Waals surface area contributed by atoms with Crippen LogP contribution in [0.15, 0.2) is 38.2 Å². The molecule has 0 spiro atoms. The average Bonchev–Trinajstić information content (AvgIpc) is 2.84. The summed E-state index contributed by atoms with van der Waals surface area (Å²) in [6.07, 6.45) is 0. The highest BCUT2D eigenvalue weighted by atomic mass is 79.9. The molecule has 0 aliphatic rings. The predicted octanol–water partition coefficient (Wildman–Crippen LogP) is 1.76. The maximum atomic E-state index is 12.2. The van der Waals surface area contributed by atoms with Crippen LogP contribution in [0.4, 0.5) is 0 Å². The fourth-order valence-electron chi connectivity index (χ4n) is 2.00. The highest BCUT2D eigenvalue weighted by Crippen LogP contribution is 2.18. The van der Waals surface area contributed by atoms with Crippen molar-refractivity contribution in [2.75, 3.05) is 13.1 Å². The van der Waals surface area contributed by atoms with E-state index in [1.807, 2.05) is 0 Å². The Hall–Kier alpha value is -1.71. The predicted molar refractivity (Wildman–Crippen MR) is 87.6 cm³/mol. The van der Waals surface area contributed by atoms with E-state index in [1.54, 1.807) is 31.2 Å². The topological polar surface area (TPSA) is 101 Å². The van der Waals surface area contributed by atoms with Crippen molar-refractivity contribution in [3.63, 3.8) is 0 Å². The van der Waals surface area contributed by atoms with Gasteiger partial charge in [0.15, 0.2) is 5.76 Å². The number of hydrogen-bond donors (Lipinski definition) is 2. The van der Waals surface area contributed by atoms with Crippen molar-refractivity contribution in [1.29, 1.82) is 0 Å². The maximum absolute atomic E-state index is 12.2. The molecule has 1 amide bonds. The van der Waals surface area contributed by atoms with E-state index in [-0.39, 0.29) is 29.7 Å². The second-order valence-corrected chi connectivity index (χ2v) is 7.43. The van der Waals surface area contributed by atoms with E-state index in [9.17, 15) is 13.2 Å². The lowest BCUT2D eigenvalue weighted by molar-refractivity contribution is 0.0954. The molecular formula is C14H16BrN3O4S. The number of carbonyl (C=O) groups excluding carboxylic acids is 1. The molecule has 0 fully saturated rings. The SMILES string of the molecule is Cc1noc(C)c1S(=O)(=O)NCCNC(=O)c1ccc(Br)cc1. The smallest absolute Gasteiger partial charge is 0.251 e. The summed E-state index contributed by atoms with van der Waals surface area (Å²) < 4.78 is 32.5. The summed E-state index contributed by atoms with van der Waals surface area (Å²) in [6, 6.07) is 6.87. The minimum absolute atomic E-state index is 0.0386. The minimum atomic E-state index is -3.71. The number of sulfonamides is 1. The zero-order chi connectivity index (χ0) is 17.0. The van der Waals surface area contributed by atoms with Crippen LogP contribution in [0.2, 0.25) is 0 Å². The van der Waals surface area contributed by atoms with Gasteiger partial charge in [0, 0.05) is 23.1 Å². The van der Waals surface area contributed by atoms with Crippen LogP contribution in [0.1, 0.15) is 21.8 Å². The number of nitrogens with zero attached hydrogens (tertiary/aromatic N) is 1.